The van der Waals surface area contributed by atoms with Crippen LogP contribution < -0.4 is 15.6 Å². The molecule has 2 aliphatic carbocycles. The molecule has 0 aliphatic heterocycles. The zero-order valence-corrected chi connectivity index (χ0v) is 67.9. The normalized spacial score (nSPS) is 15.3. The van der Waals surface area contributed by atoms with Gasteiger partial charge >= 0.3 is 151 Å². The molecular formula is C56H86Cl8N4O4Si3Zr4. The van der Waals surface area contributed by atoms with Gasteiger partial charge in [0.05, 0.1) is 30.3 Å². The van der Waals surface area contributed by atoms with E-state index in [9.17, 15) is 20.4 Å². The molecule has 0 aromatic heterocycles. The molecule has 0 amide bonds. The van der Waals surface area contributed by atoms with Crippen molar-refractivity contribution in [3.8, 4) is 23.0 Å². The molecule has 438 valence electrons. The number of nitrogens with zero attached hydrogens (tertiary/aromatic N) is 4. The van der Waals surface area contributed by atoms with E-state index >= 15 is 0 Å². The average Bonchev–Trinajstić information content (AvgIpc) is 3.36. The Hall–Kier alpha value is 1.26. The first-order valence-electron chi connectivity index (χ1n) is 26.1. The van der Waals surface area contributed by atoms with Crippen LogP contribution in [0.4, 0.5) is 0 Å². The molecule has 2 saturated carbocycles. The number of rotatable bonds is 10. The van der Waals surface area contributed by atoms with Crippen molar-refractivity contribution in [1.29, 1.82) is 0 Å². The van der Waals surface area contributed by atoms with Crippen molar-refractivity contribution in [2.45, 2.75) is 150 Å². The zero-order valence-electron chi connectivity index (χ0n) is 49.0. The molecule has 4 aromatic carbocycles. The molecular weight excluding hydrogens is 1530 g/mol. The number of halogens is 8. The second-order valence-electron chi connectivity index (χ2n) is 22.2. The first-order chi connectivity index (χ1) is 37.0. The Labute approximate surface area is 554 Å². The van der Waals surface area contributed by atoms with Gasteiger partial charge in [-0.15, -0.1) is 0 Å². The third-order valence-corrected chi connectivity index (χ3v) is 18.7. The van der Waals surface area contributed by atoms with Crippen LogP contribution in [-0.4, -0.2) is 96.2 Å². The summed E-state index contributed by atoms with van der Waals surface area (Å²) in [4.78, 5) is 17.2. The summed E-state index contributed by atoms with van der Waals surface area (Å²) in [5, 5.41) is 43.9. The quantitative estimate of drug-likeness (QED) is 0.0930. The van der Waals surface area contributed by atoms with Gasteiger partial charge in [0.15, 0.2) is 0 Å². The Bertz CT molecular complexity index is 2430. The molecule has 2 unspecified atom stereocenters. The Morgan fingerprint density at radius 1 is 0.481 bits per heavy atom. The average molecular weight is 1610 g/mol. The fraction of sp³-hybridized carbons (Fsp3) is 0.500. The summed E-state index contributed by atoms with van der Waals surface area (Å²) in [6.07, 6.45) is 19.0. The van der Waals surface area contributed by atoms with E-state index in [0.29, 0.717) is 35.0 Å². The fourth-order valence-electron chi connectivity index (χ4n) is 8.75. The van der Waals surface area contributed by atoms with E-state index in [-0.39, 0.29) is 0 Å². The summed E-state index contributed by atoms with van der Waals surface area (Å²) in [5.41, 5.74) is 6.58. The van der Waals surface area contributed by atoms with E-state index in [1.54, 1.807) is 26.5 Å². The molecule has 2 aliphatic rings. The molecule has 8 nitrogen and oxygen atoms in total. The molecule has 2 fully saturated rings. The van der Waals surface area contributed by atoms with Crippen molar-refractivity contribution in [2.75, 3.05) is 20.6 Å². The number of phenols is 4. The van der Waals surface area contributed by atoms with E-state index in [2.05, 4.69) is 106 Å². The summed E-state index contributed by atoms with van der Waals surface area (Å²) in [6.45, 7) is 29.4. The topological polar surface area (TPSA) is 130 Å². The second-order valence-corrected chi connectivity index (χ2v) is 52.2. The second kappa shape index (κ2) is 46.4. The van der Waals surface area contributed by atoms with Gasteiger partial charge in [-0.05, 0) is 109 Å². The summed E-state index contributed by atoms with van der Waals surface area (Å²) in [6, 6.07) is 20.5. The Morgan fingerprint density at radius 3 is 1.28 bits per heavy atom. The molecule has 2 atom stereocenters. The predicted octanol–water partition coefficient (Wildman–Crippen LogP) is 17.7. The van der Waals surface area contributed by atoms with Crippen molar-refractivity contribution in [3.63, 3.8) is 0 Å². The number of benzene rings is 4. The van der Waals surface area contributed by atoms with Crippen LogP contribution in [0.15, 0.2) is 80.6 Å². The third kappa shape index (κ3) is 35.6. The van der Waals surface area contributed by atoms with Gasteiger partial charge in [0, 0.05) is 67.8 Å². The number of hydrogen-bond acceptors (Lipinski definition) is 8. The van der Waals surface area contributed by atoms with Gasteiger partial charge in [0.1, 0.15) is 23.0 Å². The van der Waals surface area contributed by atoms with Crippen LogP contribution in [0.5, 0.6) is 23.0 Å². The minimum absolute atomic E-state index is 0.325. The molecule has 0 radical (unpaired) electrons. The first-order valence-corrected chi connectivity index (χ1v) is 61.9. The Balaban J connectivity index is 0. The van der Waals surface area contributed by atoms with E-state index in [0.717, 1.165) is 61.4 Å². The van der Waals surface area contributed by atoms with Gasteiger partial charge in [0.2, 0.25) is 0 Å². The number of aryl methyl sites for hydroxylation is 3. The number of hydrogen-bond donors (Lipinski definition) is 4. The summed E-state index contributed by atoms with van der Waals surface area (Å²) >= 11 is -3.30. The summed E-state index contributed by atoms with van der Waals surface area (Å²) in [5.74, 6) is 3.04. The molecule has 79 heavy (non-hydrogen) atoms. The number of phenolic OH excluding ortho intramolecular Hbond substituents is 4. The van der Waals surface area contributed by atoms with E-state index in [1.165, 1.54) is 63.4 Å². The zero-order chi connectivity index (χ0) is 60.9. The van der Waals surface area contributed by atoms with Crippen LogP contribution in [0.1, 0.15) is 104 Å². The van der Waals surface area contributed by atoms with Gasteiger partial charge in [-0.1, -0.05) is 140 Å². The predicted molar refractivity (Wildman–Crippen MR) is 347 cm³/mol. The molecule has 0 spiro atoms. The van der Waals surface area contributed by atoms with Crippen LogP contribution in [0.3, 0.4) is 0 Å². The first kappa shape index (κ1) is 82.3. The number of aromatic hydroxyl groups is 4. The summed E-state index contributed by atoms with van der Waals surface area (Å²) in [7, 11) is 38.4. The Kier molecular flexibility index (Phi) is 48.4. The van der Waals surface area contributed by atoms with Crippen LogP contribution in [0, 0.1) is 32.6 Å². The molecule has 0 heterocycles. The van der Waals surface area contributed by atoms with Crippen molar-refractivity contribution >= 4 is 133 Å². The maximum atomic E-state index is 10.5. The fourth-order valence-corrected chi connectivity index (χ4v) is 13.2. The van der Waals surface area contributed by atoms with Gasteiger partial charge in [0.25, 0.3) is 0 Å². The van der Waals surface area contributed by atoms with Crippen molar-refractivity contribution in [3.05, 3.63) is 99.6 Å². The van der Waals surface area contributed by atoms with Crippen molar-refractivity contribution < 1.29 is 104 Å². The maximum absolute atomic E-state index is 10.5. The van der Waals surface area contributed by atoms with E-state index in [4.69, 9.17) is 73.1 Å². The molecule has 23 heteroatoms. The van der Waals surface area contributed by atoms with Gasteiger partial charge < -0.3 is 20.4 Å². The molecule has 0 saturated heterocycles. The van der Waals surface area contributed by atoms with Crippen LogP contribution in [0.25, 0.3) is 0 Å². The molecule has 6 rings (SSSR count). The van der Waals surface area contributed by atoms with Crippen LogP contribution in [0.2, 0.25) is 58.9 Å². The SMILES string of the molecule is CC1CCCCC1N=Cc1cccc([Si](C)(C)C)c1O.CN=Cc1cc(C)cc(C)c1O.CN=Cc1cc(C)cc([Si](C)(C)C)c1O.C[Si](C)(C)c1cccc(C=NCC2CCCCC2)c1O.[Cl][Zr][Cl].[Cl][Zr][Cl].[Cl][Zr][Cl].[Cl][Zr][Cl]. The number of para-hydroxylation sites is 2. The van der Waals surface area contributed by atoms with Crippen molar-refractivity contribution in [2.24, 2.45) is 31.8 Å². The van der Waals surface area contributed by atoms with Gasteiger partial charge in [-0.2, -0.15) is 0 Å². The summed E-state index contributed by atoms with van der Waals surface area (Å²) < 4.78 is 0. The van der Waals surface area contributed by atoms with Crippen molar-refractivity contribution in [1.82, 2.24) is 0 Å². The number of aliphatic imine (C=N–C) groups is 4. The molecule has 4 aromatic rings. The Morgan fingerprint density at radius 2 is 0.861 bits per heavy atom. The van der Waals surface area contributed by atoms with E-state index in [1.807, 2.05) is 68.7 Å². The van der Waals surface area contributed by atoms with Gasteiger partial charge in [-0.3, -0.25) is 20.0 Å². The monoisotopic (exact) mass is 1600 g/mol. The van der Waals surface area contributed by atoms with E-state index < -0.39 is 108 Å². The molecule has 4 N–H and O–H groups in total. The van der Waals surface area contributed by atoms with Gasteiger partial charge in [-0.25, -0.2) is 0 Å². The van der Waals surface area contributed by atoms with Crippen LogP contribution in [-0.2, 0) is 83.4 Å². The molecule has 0 bridgehead atoms. The third-order valence-electron chi connectivity index (χ3n) is 12.6. The minimum atomic E-state index is -1.50. The van der Waals surface area contributed by atoms with Crippen LogP contribution >= 0.6 is 68.1 Å². The standard InChI is InChI=1S/2C17H27NOSi.C12H19NOSi.C10H13NO.8ClH.4Zr/c1-13-8-5-6-10-15(13)18-12-14-9-7-11-16(17(14)19)20(2,3)4;1-20(2,3)16-11-7-10-15(17(16)19)13-18-12-14-8-5-4-6-9-14;1-9-6-10(8-13-2)12(14)11(7-9)15(3,4)5;1-7-4-8(2)10(12)9(5-7)6-11-3;;;;;;;;;;;;/h7,9,11-13,15,19H,5-6,8,10H2,1-4H3;7,10-11,13-14,19H,4-6,8-9,12H2,1-3H3;6-8,14H,1-5H3;4-6,12H,1-3H3;8*1H;;;;/q;;;;;;;;;;;;4*+2/p-8.